The maximum Gasteiger partial charge on any atom is 0.334 e. The molecular formula is C15H17NO5. The zero-order valence-corrected chi connectivity index (χ0v) is 11.6. The fourth-order valence-electron chi connectivity index (χ4n) is 2.66. The van der Waals surface area contributed by atoms with E-state index < -0.39 is 12.1 Å². The summed E-state index contributed by atoms with van der Waals surface area (Å²) in [6.45, 7) is 1.51. The molecule has 0 bridgehead atoms. The van der Waals surface area contributed by atoms with Gasteiger partial charge in [0, 0.05) is 13.0 Å². The normalized spacial score (nSPS) is 20.8. The molecule has 1 atom stereocenters. The predicted molar refractivity (Wildman–Crippen MR) is 73.3 cm³/mol. The molecule has 1 aromatic rings. The Morgan fingerprint density at radius 3 is 3.00 bits per heavy atom. The highest BCUT2D eigenvalue weighted by molar-refractivity contribution is 5.80. The fourth-order valence-corrected chi connectivity index (χ4v) is 2.66. The number of amides is 1. The van der Waals surface area contributed by atoms with Gasteiger partial charge >= 0.3 is 5.97 Å². The van der Waals surface area contributed by atoms with Crippen molar-refractivity contribution in [3.8, 4) is 5.75 Å². The number of carbonyl (C=O) groups is 2. The van der Waals surface area contributed by atoms with Crippen LogP contribution in [0.3, 0.4) is 0 Å². The molecular weight excluding hydrogens is 274 g/mol. The minimum absolute atomic E-state index is 0.0663. The van der Waals surface area contributed by atoms with Crippen molar-refractivity contribution in [1.29, 1.82) is 0 Å². The Kier molecular flexibility index (Phi) is 3.79. The highest BCUT2D eigenvalue weighted by atomic mass is 16.5. The number of rotatable bonds is 3. The van der Waals surface area contributed by atoms with Gasteiger partial charge in [0.15, 0.2) is 6.10 Å². The Morgan fingerprint density at radius 2 is 2.19 bits per heavy atom. The molecule has 1 fully saturated rings. The average molecular weight is 291 g/mol. The summed E-state index contributed by atoms with van der Waals surface area (Å²) in [5.41, 5.74) is 2.06. The fraction of sp³-hybridized carbons (Fsp3) is 0.467. The van der Waals surface area contributed by atoms with E-state index in [0.717, 1.165) is 23.3 Å². The largest absolute Gasteiger partial charge is 0.493 e. The first-order chi connectivity index (χ1) is 10.1. The molecule has 0 unspecified atom stereocenters. The minimum Gasteiger partial charge on any atom is -0.493 e. The number of hydrogen-bond donors (Lipinski definition) is 1. The maximum absolute atomic E-state index is 12.3. The summed E-state index contributed by atoms with van der Waals surface area (Å²) < 4.78 is 10.6. The van der Waals surface area contributed by atoms with E-state index in [0.29, 0.717) is 13.2 Å². The second-order valence-corrected chi connectivity index (χ2v) is 5.25. The molecule has 1 N–H and O–H groups in total. The van der Waals surface area contributed by atoms with E-state index in [1.165, 1.54) is 0 Å². The third-order valence-corrected chi connectivity index (χ3v) is 3.80. The Labute approximate surface area is 122 Å². The lowest BCUT2D eigenvalue weighted by atomic mass is 10.1. The monoisotopic (exact) mass is 291 g/mol. The summed E-state index contributed by atoms with van der Waals surface area (Å²) in [7, 11) is 0. The molecule has 0 radical (unpaired) electrons. The zero-order chi connectivity index (χ0) is 14.8. The van der Waals surface area contributed by atoms with Crippen LogP contribution >= 0.6 is 0 Å². The number of benzene rings is 1. The van der Waals surface area contributed by atoms with Crippen LogP contribution in [0.4, 0.5) is 0 Å². The number of aliphatic carboxylic acids is 1. The molecule has 0 aromatic heterocycles. The lowest BCUT2D eigenvalue weighted by Crippen LogP contribution is -2.49. The van der Waals surface area contributed by atoms with E-state index in [1.807, 2.05) is 18.2 Å². The van der Waals surface area contributed by atoms with Gasteiger partial charge < -0.3 is 19.5 Å². The van der Waals surface area contributed by atoms with Crippen molar-refractivity contribution in [2.75, 3.05) is 26.3 Å². The van der Waals surface area contributed by atoms with Gasteiger partial charge in [-0.25, -0.2) is 4.79 Å². The molecule has 2 aliphatic rings. The van der Waals surface area contributed by atoms with Crippen molar-refractivity contribution in [2.24, 2.45) is 0 Å². The first kappa shape index (κ1) is 13.9. The summed E-state index contributed by atoms with van der Waals surface area (Å²) >= 11 is 0. The molecule has 21 heavy (non-hydrogen) atoms. The number of fused-ring (bicyclic) bond motifs is 1. The third-order valence-electron chi connectivity index (χ3n) is 3.80. The average Bonchev–Trinajstić information content (AvgIpc) is 2.95. The molecule has 2 heterocycles. The van der Waals surface area contributed by atoms with Crippen molar-refractivity contribution in [3.63, 3.8) is 0 Å². The molecule has 0 spiro atoms. The second kappa shape index (κ2) is 5.73. The van der Waals surface area contributed by atoms with Gasteiger partial charge in [-0.1, -0.05) is 12.1 Å². The Bertz CT molecular complexity index is 571. The first-order valence-electron chi connectivity index (χ1n) is 7.00. The summed E-state index contributed by atoms with van der Waals surface area (Å²) in [6.07, 6.45) is 0.228. The van der Waals surface area contributed by atoms with Crippen LogP contribution in [0.1, 0.15) is 11.1 Å². The molecule has 1 saturated heterocycles. The van der Waals surface area contributed by atoms with Gasteiger partial charge in [0.2, 0.25) is 5.91 Å². The van der Waals surface area contributed by atoms with Crippen LogP contribution < -0.4 is 4.74 Å². The van der Waals surface area contributed by atoms with Gasteiger partial charge in [-0.15, -0.1) is 0 Å². The van der Waals surface area contributed by atoms with Gasteiger partial charge in [0.05, 0.1) is 26.2 Å². The van der Waals surface area contributed by atoms with Gasteiger partial charge in [-0.3, -0.25) is 4.79 Å². The topological polar surface area (TPSA) is 76.1 Å². The van der Waals surface area contributed by atoms with Gasteiger partial charge in [-0.2, -0.15) is 0 Å². The van der Waals surface area contributed by atoms with Gasteiger partial charge in [0.25, 0.3) is 0 Å². The summed E-state index contributed by atoms with van der Waals surface area (Å²) in [5, 5.41) is 8.96. The van der Waals surface area contributed by atoms with E-state index in [4.69, 9.17) is 14.6 Å². The van der Waals surface area contributed by atoms with Crippen LogP contribution in [0.15, 0.2) is 18.2 Å². The number of hydrogen-bond acceptors (Lipinski definition) is 4. The second-order valence-electron chi connectivity index (χ2n) is 5.25. The number of carboxylic acid groups (broad SMARTS) is 1. The van der Waals surface area contributed by atoms with Crippen molar-refractivity contribution in [1.82, 2.24) is 4.90 Å². The van der Waals surface area contributed by atoms with Crippen molar-refractivity contribution in [3.05, 3.63) is 29.3 Å². The molecule has 1 amide bonds. The molecule has 6 heteroatoms. The molecule has 0 saturated carbocycles. The molecule has 0 aliphatic carbocycles. The minimum atomic E-state index is -1.03. The van der Waals surface area contributed by atoms with Crippen molar-refractivity contribution in [2.45, 2.75) is 18.9 Å². The van der Waals surface area contributed by atoms with Crippen molar-refractivity contribution < 1.29 is 24.2 Å². The molecule has 1 aromatic carbocycles. The standard InChI is InChI=1S/C15H17NO5/c17-14(16-4-6-21-13(9-16)15(18)19)8-10-1-2-12-11(7-10)3-5-20-12/h1-2,7,13H,3-6,8-9H2,(H,18,19)/t13-/m0/s1. The van der Waals surface area contributed by atoms with E-state index in [-0.39, 0.29) is 25.5 Å². The number of ether oxygens (including phenoxy) is 2. The molecule has 3 rings (SSSR count). The van der Waals surface area contributed by atoms with E-state index in [1.54, 1.807) is 4.90 Å². The Hall–Kier alpha value is -2.08. The van der Waals surface area contributed by atoms with Gasteiger partial charge in [0.1, 0.15) is 5.75 Å². The maximum atomic E-state index is 12.3. The quantitative estimate of drug-likeness (QED) is 0.876. The SMILES string of the molecule is O=C(O)[C@@H]1CN(C(=O)Cc2ccc3c(c2)CCO3)CCO1. The van der Waals surface area contributed by atoms with Crippen LogP contribution in [0.2, 0.25) is 0 Å². The van der Waals surface area contributed by atoms with Crippen LogP contribution in [0.5, 0.6) is 5.75 Å². The first-order valence-corrected chi connectivity index (χ1v) is 7.00. The van der Waals surface area contributed by atoms with E-state index in [9.17, 15) is 9.59 Å². The van der Waals surface area contributed by atoms with Crippen LogP contribution in [0, 0.1) is 0 Å². The van der Waals surface area contributed by atoms with Crippen LogP contribution in [-0.2, 0) is 27.2 Å². The Morgan fingerprint density at radius 1 is 1.33 bits per heavy atom. The van der Waals surface area contributed by atoms with E-state index in [2.05, 4.69) is 0 Å². The zero-order valence-electron chi connectivity index (χ0n) is 11.6. The molecule has 6 nitrogen and oxygen atoms in total. The number of morpholine rings is 1. The smallest absolute Gasteiger partial charge is 0.334 e. The van der Waals surface area contributed by atoms with Crippen molar-refractivity contribution >= 4 is 11.9 Å². The number of carbonyl (C=O) groups excluding carboxylic acids is 1. The highest BCUT2D eigenvalue weighted by Crippen LogP contribution is 2.26. The summed E-state index contributed by atoms with van der Waals surface area (Å²) in [6, 6.07) is 5.77. The van der Waals surface area contributed by atoms with Crippen LogP contribution in [-0.4, -0.2) is 54.3 Å². The third kappa shape index (κ3) is 3.00. The lowest BCUT2D eigenvalue weighted by Gasteiger charge is -2.31. The molecule has 2 aliphatic heterocycles. The predicted octanol–water partition coefficient (Wildman–Crippen LogP) is 0.476. The van der Waals surface area contributed by atoms with Crippen LogP contribution in [0.25, 0.3) is 0 Å². The number of carboxylic acids is 1. The van der Waals surface area contributed by atoms with Gasteiger partial charge in [-0.05, 0) is 17.2 Å². The molecule has 112 valence electrons. The summed E-state index contributed by atoms with van der Waals surface area (Å²) in [5.74, 6) is -0.200. The summed E-state index contributed by atoms with van der Waals surface area (Å²) in [4.78, 5) is 24.8. The highest BCUT2D eigenvalue weighted by Gasteiger charge is 2.29. The van der Waals surface area contributed by atoms with E-state index >= 15 is 0 Å². The lowest BCUT2D eigenvalue weighted by molar-refractivity contribution is -0.159. The number of nitrogens with zero attached hydrogens (tertiary/aromatic N) is 1. The Balaban J connectivity index is 1.64.